The van der Waals surface area contributed by atoms with Gasteiger partial charge in [0.2, 0.25) is 0 Å². The first-order valence-corrected chi connectivity index (χ1v) is 12.8. The van der Waals surface area contributed by atoms with Gasteiger partial charge in [0, 0.05) is 18.0 Å². The Hall–Kier alpha value is -0.0800. The van der Waals surface area contributed by atoms with Gasteiger partial charge >= 0.3 is 0 Å². The molecule has 1 saturated heterocycles. The summed E-state index contributed by atoms with van der Waals surface area (Å²) < 4.78 is 1.12. The molecule has 1 fully saturated rings. The number of hydrogen-bond acceptors (Lipinski definition) is 1. The highest BCUT2D eigenvalue weighted by molar-refractivity contribution is 4.96. The van der Waals surface area contributed by atoms with Crippen molar-refractivity contribution in [2.45, 2.75) is 113 Å². The normalized spacial score (nSPS) is 37.3. The maximum atomic E-state index is 4.07. The van der Waals surface area contributed by atoms with Gasteiger partial charge in [-0.15, -0.1) is 0 Å². The van der Waals surface area contributed by atoms with Crippen LogP contribution in [0.3, 0.4) is 0 Å². The molecule has 0 spiro atoms. The standard InChI is InChI=1S/C27H57N2/c1-13-21(6)26(9)16-17-27(10,22(7)20(4)5)25(29(11,12)15-3)19-28-23(8)24(14-2)18-26/h20-25,28H,13-19H2,1-12H3/q+1. The van der Waals surface area contributed by atoms with Gasteiger partial charge in [-0.3, -0.25) is 0 Å². The maximum absolute atomic E-state index is 4.07. The Kier molecular flexibility index (Phi) is 9.75. The first-order valence-electron chi connectivity index (χ1n) is 12.8. The zero-order chi connectivity index (χ0) is 22.6. The van der Waals surface area contributed by atoms with Crippen molar-refractivity contribution in [3.8, 4) is 0 Å². The maximum Gasteiger partial charge on any atom is 0.107 e. The molecule has 0 aliphatic carbocycles. The predicted molar refractivity (Wildman–Crippen MR) is 131 cm³/mol. The van der Waals surface area contributed by atoms with Crippen LogP contribution in [-0.2, 0) is 0 Å². The summed E-state index contributed by atoms with van der Waals surface area (Å²) in [6.07, 6.45) is 6.68. The van der Waals surface area contributed by atoms with E-state index in [9.17, 15) is 0 Å². The molecule has 0 radical (unpaired) electrons. The zero-order valence-electron chi connectivity index (χ0n) is 22.4. The van der Waals surface area contributed by atoms with Gasteiger partial charge in [0.05, 0.1) is 20.6 Å². The lowest BCUT2D eigenvalue weighted by atomic mass is 9.59. The van der Waals surface area contributed by atoms with Crippen LogP contribution in [0.1, 0.15) is 101 Å². The van der Waals surface area contributed by atoms with Crippen LogP contribution in [0.2, 0.25) is 0 Å². The topological polar surface area (TPSA) is 12.0 Å². The van der Waals surface area contributed by atoms with Gasteiger partial charge in [0.1, 0.15) is 6.04 Å². The molecule has 0 bridgehead atoms. The highest BCUT2D eigenvalue weighted by Crippen LogP contribution is 2.50. The van der Waals surface area contributed by atoms with E-state index in [1.165, 1.54) is 38.6 Å². The van der Waals surface area contributed by atoms with Crippen LogP contribution in [-0.4, -0.2) is 43.8 Å². The lowest BCUT2D eigenvalue weighted by molar-refractivity contribution is -0.920. The van der Waals surface area contributed by atoms with Gasteiger partial charge in [-0.25, -0.2) is 0 Å². The molecule has 2 heteroatoms. The minimum atomic E-state index is 0.341. The van der Waals surface area contributed by atoms with Gasteiger partial charge in [-0.1, -0.05) is 68.2 Å². The molecule has 1 aliphatic heterocycles. The van der Waals surface area contributed by atoms with Crippen molar-refractivity contribution < 1.29 is 4.48 Å². The monoisotopic (exact) mass is 409 g/mol. The summed E-state index contributed by atoms with van der Waals surface area (Å²) in [5, 5.41) is 4.07. The second kappa shape index (κ2) is 10.5. The average molecular weight is 410 g/mol. The van der Waals surface area contributed by atoms with Crippen molar-refractivity contribution in [3.05, 3.63) is 0 Å². The number of hydrogen-bond donors (Lipinski definition) is 1. The van der Waals surface area contributed by atoms with Crippen molar-refractivity contribution in [3.63, 3.8) is 0 Å². The number of rotatable bonds is 7. The molecule has 29 heavy (non-hydrogen) atoms. The predicted octanol–water partition coefficient (Wildman–Crippen LogP) is 6.99. The molecule has 7 unspecified atom stereocenters. The molecule has 1 aliphatic rings. The smallest absolute Gasteiger partial charge is 0.107 e. The van der Waals surface area contributed by atoms with Crippen LogP contribution < -0.4 is 5.32 Å². The summed E-state index contributed by atoms with van der Waals surface area (Å²) >= 11 is 0. The third-order valence-electron chi connectivity index (χ3n) is 10.1. The molecule has 174 valence electrons. The molecule has 1 heterocycles. The number of nitrogens with one attached hydrogen (secondary N) is 1. The summed E-state index contributed by atoms with van der Waals surface area (Å²) in [6, 6.07) is 1.24. The molecule has 1 N–H and O–H groups in total. The van der Waals surface area contributed by atoms with E-state index in [1.54, 1.807) is 0 Å². The Labute approximate surface area is 185 Å². The fourth-order valence-electron chi connectivity index (χ4n) is 6.29. The lowest BCUT2D eigenvalue weighted by Crippen LogP contribution is -2.63. The third-order valence-corrected chi connectivity index (χ3v) is 10.1. The van der Waals surface area contributed by atoms with Crippen molar-refractivity contribution in [1.29, 1.82) is 0 Å². The molecule has 1 rings (SSSR count). The second-order valence-corrected chi connectivity index (χ2v) is 12.2. The minimum absolute atomic E-state index is 0.341. The zero-order valence-corrected chi connectivity index (χ0v) is 22.4. The van der Waals surface area contributed by atoms with Gasteiger partial charge in [-0.05, 0) is 62.2 Å². The second-order valence-electron chi connectivity index (χ2n) is 12.2. The average Bonchev–Trinajstić information content (AvgIpc) is 2.68. The summed E-state index contributed by atoms with van der Waals surface area (Å²) in [7, 11) is 4.94. The molecular weight excluding hydrogens is 352 g/mol. The van der Waals surface area contributed by atoms with Crippen molar-refractivity contribution >= 4 is 0 Å². The fourth-order valence-corrected chi connectivity index (χ4v) is 6.29. The Balaban J connectivity index is 3.49. The van der Waals surface area contributed by atoms with Crippen molar-refractivity contribution in [2.24, 2.45) is 34.5 Å². The van der Waals surface area contributed by atoms with Crippen LogP contribution in [0, 0.1) is 34.5 Å². The van der Waals surface area contributed by atoms with Crippen LogP contribution in [0.15, 0.2) is 0 Å². The van der Waals surface area contributed by atoms with Gasteiger partial charge < -0.3 is 9.80 Å². The quantitative estimate of drug-likeness (QED) is 0.447. The highest BCUT2D eigenvalue weighted by atomic mass is 15.3. The van der Waals surface area contributed by atoms with Crippen LogP contribution in [0.4, 0.5) is 0 Å². The minimum Gasteiger partial charge on any atom is -0.325 e. The Morgan fingerprint density at radius 1 is 1.00 bits per heavy atom. The molecule has 7 atom stereocenters. The third kappa shape index (κ3) is 6.00. The van der Waals surface area contributed by atoms with Gasteiger partial charge in [-0.2, -0.15) is 0 Å². The Bertz CT molecular complexity index is 485. The molecule has 0 saturated carbocycles. The summed E-state index contributed by atoms with van der Waals surface area (Å²) in [5.74, 6) is 3.00. The first-order chi connectivity index (χ1) is 13.3. The molecule has 0 aromatic carbocycles. The van der Waals surface area contributed by atoms with Gasteiger partial charge in [0.25, 0.3) is 0 Å². The summed E-state index contributed by atoms with van der Waals surface area (Å²) in [6.45, 7) is 27.2. The van der Waals surface area contributed by atoms with Crippen LogP contribution >= 0.6 is 0 Å². The van der Waals surface area contributed by atoms with E-state index in [0.717, 1.165) is 34.7 Å². The van der Waals surface area contributed by atoms with E-state index in [4.69, 9.17) is 0 Å². The lowest BCUT2D eigenvalue weighted by Gasteiger charge is -2.54. The van der Waals surface area contributed by atoms with E-state index >= 15 is 0 Å². The highest BCUT2D eigenvalue weighted by Gasteiger charge is 2.50. The van der Waals surface area contributed by atoms with E-state index in [0.29, 0.717) is 22.9 Å². The van der Waals surface area contributed by atoms with E-state index in [-0.39, 0.29) is 0 Å². The van der Waals surface area contributed by atoms with Gasteiger partial charge in [0.15, 0.2) is 0 Å². The molecule has 2 nitrogen and oxygen atoms in total. The fraction of sp³-hybridized carbons (Fsp3) is 1.00. The molecule has 0 aromatic heterocycles. The van der Waals surface area contributed by atoms with E-state index < -0.39 is 0 Å². The Morgan fingerprint density at radius 3 is 2.03 bits per heavy atom. The van der Waals surface area contributed by atoms with Crippen LogP contribution in [0.5, 0.6) is 0 Å². The number of nitrogens with zero attached hydrogens (tertiary/aromatic N) is 1. The molecular formula is C27H57N2+. The number of likely N-dealkylation sites (N-methyl/N-ethyl adjacent to an activating group) is 1. The largest absolute Gasteiger partial charge is 0.325 e. The Morgan fingerprint density at radius 2 is 1.59 bits per heavy atom. The van der Waals surface area contributed by atoms with E-state index in [1.807, 2.05) is 0 Å². The van der Waals surface area contributed by atoms with Crippen LogP contribution in [0.25, 0.3) is 0 Å². The summed E-state index contributed by atoms with van der Waals surface area (Å²) in [5.41, 5.74) is 0.780. The molecule has 0 aromatic rings. The summed E-state index contributed by atoms with van der Waals surface area (Å²) in [4.78, 5) is 0. The SMILES string of the molecule is CCC1CC(C)(C(C)CC)CCC(C)(C(C)C(C)C)C([N+](C)(C)CC)CNC1C. The molecule has 0 amide bonds. The van der Waals surface area contributed by atoms with E-state index in [2.05, 4.69) is 88.6 Å². The van der Waals surface area contributed by atoms with Crippen molar-refractivity contribution in [1.82, 2.24) is 5.32 Å². The van der Waals surface area contributed by atoms with Crippen molar-refractivity contribution in [2.75, 3.05) is 27.2 Å². The first kappa shape index (κ1) is 27.0. The number of quaternary nitrogens is 1.